The first-order valence-electron chi connectivity index (χ1n) is 4.91. The molecule has 5 heteroatoms. The normalized spacial score (nSPS) is 14.0. The Morgan fingerprint density at radius 1 is 1.57 bits per heavy atom. The minimum absolute atomic E-state index is 0.474. The van der Waals surface area contributed by atoms with Gasteiger partial charge in [0.1, 0.15) is 6.04 Å². The van der Waals surface area contributed by atoms with Crippen molar-refractivity contribution in [2.45, 2.75) is 38.6 Å². The molecule has 0 radical (unpaired) electrons. The average Bonchev–Trinajstić information content (AvgIpc) is 2.12. The third-order valence-corrected chi connectivity index (χ3v) is 1.88. The molecule has 0 amide bonds. The van der Waals surface area contributed by atoms with Crippen LogP contribution in [0.4, 0.5) is 0 Å². The van der Waals surface area contributed by atoms with Gasteiger partial charge in [0.15, 0.2) is 0 Å². The molecule has 0 saturated carbocycles. The molecule has 5 nitrogen and oxygen atoms in total. The molecule has 0 aromatic rings. The number of hydrogen-bond acceptors (Lipinski definition) is 2. The molecule has 6 N–H and O–H groups in total. The molecule has 0 aliphatic heterocycles. The molecule has 0 unspecified atom stereocenters. The predicted octanol–water partition coefficient (Wildman–Crippen LogP) is -1.58. The molecule has 0 fully saturated rings. The van der Waals surface area contributed by atoms with Gasteiger partial charge in [-0.2, -0.15) is 0 Å². The van der Waals surface area contributed by atoms with E-state index >= 15 is 0 Å². The second kappa shape index (κ2) is 7.32. The van der Waals surface area contributed by atoms with Crippen molar-refractivity contribution in [3.05, 3.63) is 0 Å². The number of amidine groups is 1. The molecule has 0 aliphatic rings. The monoisotopic (exact) mass is 202 g/mol. The summed E-state index contributed by atoms with van der Waals surface area (Å²) in [5.74, 6) is -0.188. The van der Waals surface area contributed by atoms with E-state index < -0.39 is 12.0 Å². The molecule has 0 heterocycles. The van der Waals surface area contributed by atoms with Crippen molar-refractivity contribution in [2.75, 3.05) is 6.54 Å². The maximum atomic E-state index is 10.4. The van der Waals surface area contributed by atoms with Gasteiger partial charge < -0.3 is 10.8 Å². The molecule has 82 valence electrons. The number of nitrogens with two attached hydrogens (primary N) is 2. The van der Waals surface area contributed by atoms with Gasteiger partial charge in [0.2, 0.25) is 5.84 Å². The first kappa shape index (κ1) is 12.9. The van der Waals surface area contributed by atoms with Crippen LogP contribution in [-0.4, -0.2) is 29.5 Å². The van der Waals surface area contributed by atoms with Gasteiger partial charge in [0.05, 0.1) is 6.54 Å². The number of carbonyl (C=O) groups is 1. The lowest BCUT2D eigenvalue weighted by atomic mass is 10.2. The standard InChI is InChI=1S/C9H19N3O2/c1-2-4-8(11)12-6-3-5-7(10)9(13)14/h7H,2-6,10H2,1H3,(H2,11,12)(H,13,14)/p+1/t7-/m1/s1. The lowest BCUT2D eigenvalue weighted by Crippen LogP contribution is -2.75. The third kappa shape index (κ3) is 6.42. The summed E-state index contributed by atoms with van der Waals surface area (Å²) in [4.78, 5) is 13.4. The largest absolute Gasteiger partial charge is 0.480 e. The Hall–Kier alpha value is -1.10. The zero-order chi connectivity index (χ0) is 11.0. The van der Waals surface area contributed by atoms with Gasteiger partial charge in [-0.15, -0.1) is 0 Å². The van der Waals surface area contributed by atoms with Crippen LogP contribution in [0.15, 0.2) is 0 Å². The van der Waals surface area contributed by atoms with Gasteiger partial charge in [-0.1, -0.05) is 6.92 Å². The van der Waals surface area contributed by atoms with E-state index in [2.05, 4.69) is 11.9 Å². The van der Waals surface area contributed by atoms with Gasteiger partial charge in [0, 0.05) is 6.42 Å². The van der Waals surface area contributed by atoms with Gasteiger partial charge >= 0.3 is 5.97 Å². The Balaban J connectivity index is 3.55. The fourth-order valence-electron chi connectivity index (χ4n) is 1.05. The number of aliphatic carboxylic acids is 1. The van der Waals surface area contributed by atoms with E-state index in [1.54, 1.807) is 0 Å². The van der Waals surface area contributed by atoms with Gasteiger partial charge in [0.25, 0.3) is 0 Å². The summed E-state index contributed by atoms with van der Waals surface area (Å²) in [6, 6.07) is -0.760. The van der Waals surface area contributed by atoms with Crippen LogP contribution < -0.4 is 16.5 Å². The molecular weight excluding hydrogens is 182 g/mol. The zero-order valence-electron chi connectivity index (χ0n) is 8.62. The molecule has 0 bridgehead atoms. The van der Waals surface area contributed by atoms with Gasteiger partial charge in [-0.05, 0) is 19.3 Å². The Morgan fingerprint density at radius 3 is 2.71 bits per heavy atom. The Morgan fingerprint density at radius 2 is 2.21 bits per heavy atom. The van der Waals surface area contributed by atoms with Crippen LogP contribution in [0.5, 0.6) is 0 Å². The van der Waals surface area contributed by atoms with Crippen molar-refractivity contribution in [3.63, 3.8) is 0 Å². The van der Waals surface area contributed by atoms with E-state index in [0.29, 0.717) is 13.0 Å². The summed E-state index contributed by atoms with van der Waals surface area (Å²) in [5, 5.41) is 8.50. The highest BCUT2D eigenvalue weighted by molar-refractivity contribution is 5.74. The summed E-state index contributed by atoms with van der Waals surface area (Å²) in [7, 11) is 0. The smallest absolute Gasteiger partial charge is 0.320 e. The SMILES string of the molecule is CCCC(N)=[NH+]CCC[C@@H](N)C(=O)O. The highest BCUT2D eigenvalue weighted by Crippen LogP contribution is 1.91. The number of hydrogen-bond donors (Lipinski definition) is 4. The Kier molecular flexibility index (Phi) is 6.74. The number of nitrogens with one attached hydrogen (secondary N) is 1. The number of rotatable bonds is 7. The predicted molar refractivity (Wildman–Crippen MR) is 54.8 cm³/mol. The second-order valence-corrected chi connectivity index (χ2v) is 3.29. The van der Waals surface area contributed by atoms with Crippen LogP contribution in [0.2, 0.25) is 0 Å². The van der Waals surface area contributed by atoms with Crippen LogP contribution >= 0.6 is 0 Å². The molecule has 0 rings (SSSR count). The molecule has 0 aromatic carbocycles. The van der Waals surface area contributed by atoms with Crippen LogP contribution in [0.1, 0.15) is 32.6 Å². The molecule has 0 aliphatic carbocycles. The van der Waals surface area contributed by atoms with Crippen LogP contribution in [-0.2, 0) is 4.79 Å². The minimum atomic E-state index is -0.949. The summed E-state index contributed by atoms with van der Waals surface area (Å²) >= 11 is 0. The van der Waals surface area contributed by atoms with Gasteiger partial charge in [-0.25, -0.2) is 0 Å². The maximum absolute atomic E-state index is 10.4. The van der Waals surface area contributed by atoms with Crippen LogP contribution in [0.25, 0.3) is 0 Å². The summed E-state index contributed by atoms with van der Waals surface area (Å²) < 4.78 is 0. The van der Waals surface area contributed by atoms with Crippen molar-refractivity contribution in [1.29, 1.82) is 0 Å². The average molecular weight is 202 g/mol. The van der Waals surface area contributed by atoms with Crippen molar-refractivity contribution >= 4 is 11.8 Å². The molecule has 14 heavy (non-hydrogen) atoms. The third-order valence-electron chi connectivity index (χ3n) is 1.88. The fraction of sp³-hybridized carbons (Fsp3) is 0.778. The first-order valence-corrected chi connectivity index (χ1v) is 4.91. The van der Waals surface area contributed by atoms with Crippen molar-refractivity contribution in [2.24, 2.45) is 11.5 Å². The van der Waals surface area contributed by atoms with Crippen molar-refractivity contribution in [1.82, 2.24) is 0 Å². The van der Waals surface area contributed by atoms with E-state index in [1.807, 2.05) is 0 Å². The van der Waals surface area contributed by atoms with E-state index in [1.165, 1.54) is 0 Å². The quantitative estimate of drug-likeness (QED) is 0.227. The Bertz CT molecular complexity index is 204. The van der Waals surface area contributed by atoms with Crippen molar-refractivity contribution in [3.8, 4) is 0 Å². The summed E-state index contributed by atoms with van der Waals surface area (Å²) in [5.41, 5.74) is 10.9. The number of carboxylic acid groups (broad SMARTS) is 1. The molecule has 0 aromatic heterocycles. The highest BCUT2D eigenvalue weighted by atomic mass is 16.4. The van der Waals surface area contributed by atoms with E-state index in [0.717, 1.165) is 25.1 Å². The molecular formula is C9H20N3O2+. The second-order valence-electron chi connectivity index (χ2n) is 3.29. The van der Waals surface area contributed by atoms with Gasteiger partial charge in [-0.3, -0.25) is 15.5 Å². The fourth-order valence-corrected chi connectivity index (χ4v) is 1.05. The van der Waals surface area contributed by atoms with Crippen LogP contribution in [0, 0.1) is 0 Å². The molecule has 0 saturated heterocycles. The first-order chi connectivity index (χ1) is 6.57. The Labute approximate surface area is 84.2 Å². The maximum Gasteiger partial charge on any atom is 0.320 e. The lowest BCUT2D eigenvalue weighted by molar-refractivity contribution is -0.460. The summed E-state index contributed by atoms with van der Waals surface area (Å²) in [6.45, 7) is 2.74. The van der Waals surface area contributed by atoms with E-state index in [-0.39, 0.29) is 0 Å². The highest BCUT2D eigenvalue weighted by Gasteiger charge is 2.10. The van der Waals surface area contributed by atoms with E-state index in [4.69, 9.17) is 16.6 Å². The number of carboxylic acids is 1. The molecule has 0 spiro atoms. The topological polar surface area (TPSA) is 103 Å². The van der Waals surface area contributed by atoms with E-state index in [9.17, 15) is 4.79 Å². The molecule has 1 atom stereocenters. The minimum Gasteiger partial charge on any atom is -0.480 e. The van der Waals surface area contributed by atoms with Crippen LogP contribution in [0.3, 0.4) is 0 Å². The summed E-state index contributed by atoms with van der Waals surface area (Å²) in [6.07, 6.45) is 3.05. The van der Waals surface area contributed by atoms with Crippen molar-refractivity contribution < 1.29 is 14.9 Å². The zero-order valence-corrected chi connectivity index (χ0v) is 8.62. The lowest BCUT2D eigenvalue weighted by Gasteiger charge is -2.02.